The smallest absolute Gasteiger partial charge is 0.465 e. The number of nitrogens with zero attached hydrogens (tertiary/aromatic N) is 3. The number of fused-ring (bicyclic) bond motifs is 2. The lowest BCUT2D eigenvalue weighted by atomic mass is 10.2. The molecule has 0 amide bonds. The molecule has 2 heterocycles. The van der Waals surface area contributed by atoms with Crippen molar-refractivity contribution < 1.29 is 27.4 Å². The normalized spacial score (nSPS) is 11.8. The van der Waals surface area contributed by atoms with Crippen LogP contribution in [0.1, 0.15) is 10.4 Å². The lowest BCUT2D eigenvalue weighted by Gasteiger charge is -2.07. The summed E-state index contributed by atoms with van der Waals surface area (Å²) < 4.78 is 48.3. The van der Waals surface area contributed by atoms with Gasteiger partial charge in [0.05, 0.1) is 33.9 Å². The number of carbonyl (C=O) groups excluding carboxylic acids is 1. The van der Waals surface area contributed by atoms with E-state index in [9.17, 15) is 18.0 Å². The number of rotatable bonds is 4. The number of aryl methyl sites for hydroxylation is 1. The van der Waals surface area contributed by atoms with Gasteiger partial charge in [0.15, 0.2) is 5.13 Å². The van der Waals surface area contributed by atoms with Crippen LogP contribution in [0.2, 0.25) is 0 Å². The molecule has 0 aliphatic carbocycles. The summed E-state index contributed by atoms with van der Waals surface area (Å²) in [6.45, 7) is 0. The van der Waals surface area contributed by atoms with Crippen molar-refractivity contribution in [2.75, 3.05) is 12.4 Å². The summed E-state index contributed by atoms with van der Waals surface area (Å²) in [7, 11) is 3.09. The molecule has 0 spiro atoms. The van der Waals surface area contributed by atoms with E-state index >= 15 is 0 Å². The van der Waals surface area contributed by atoms with Crippen molar-refractivity contribution in [3.63, 3.8) is 0 Å². The van der Waals surface area contributed by atoms with Gasteiger partial charge in [-0.2, -0.15) is 0 Å². The molecule has 2 aromatic heterocycles. The van der Waals surface area contributed by atoms with E-state index in [0.29, 0.717) is 32.4 Å². The number of thiazole rings is 1. The predicted molar refractivity (Wildman–Crippen MR) is 102 cm³/mol. The molecule has 7 nitrogen and oxygen atoms in total. The van der Waals surface area contributed by atoms with Gasteiger partial charge in [0.25, 0.3) is 0 Å². The summed E-state index contributed by atoms with van der Waals surface area (Å²) in [4.78, 5) is 20.5. The molecule has 1 N–H and O–H groups in total. The molecule has 0 saturated heterocycles. The Morgan fingerprint density at radius 2 is 1.93 bits per heavy atom. The first-order chi connectivity index (χ1) is 13.7. The molecule has 0 radical (unpaired) electrons. The zero-order valence-corrected chi connectivity index (χ0v) is 15.9. The van der Waals surface area contributed by atoms with Gasteiger partial charge in [-0.1, -0.05) is 11.3 Å². The summed E-state index contributed by atoms with van der Waals surface area (Å²) in [5, 5.41) is 3.52. The predicted octanol–water partition coefficient (Wildman–Crippen LogP) is 4.61. The zero-order chi connectivity index (χ0) is 20.8. The number of imidazole rings is 1. The maximum absolute atomic E-state index is 12.4. The molecule has 0 aliphatic rings. The third kappa shape index (κ3) is 3.81. The van der Waals surface area contributed by atoms with E-state index in [1.165, 1.54) is 36.6 Å². The number of halogens is 3. The first-order valence-corrected chi connectivity index (χ1v) is 9.03. The number of anilines is 2. The minimum absolute atomic E-state index is 0.333. The second-order valence-electron chi connectivity index (χ2n) is 6.01. The van der Waals surface area contributed by atoms with Gasteiger partial charge >= 0.3 is 12.3 Å². The highest BCUT2D eigenvalue weighted by molar-refractivity contribution is 7.22. The summed E-state index contributed by atoms with van der Waals surface area (Å²) in [5.74, 6) is -0.331. The van der Waals surface area contributed by atoms with Crippen molar-refractivity contribution in [1.82, 2.24) is 14.5 Å². The average molecular weight is 422 g/mol. The van der Waals surface area contributed by atoms with Gasteiger partial charge in [-0.25, -0.2) is 14.8 Å². The number of nitrogens with one attached hydrogen (secondary N) is 1. The quantitative estimate of drug-likeness (QED) is 0.484. The minimum atomic E-state index is -4.76. The Hall–Kier alpha value is -3.34. The largest absolute Gasteiger partial charge is 0.573 e. The fourth-order valence-corrected chi connectivity index (χ4v) is 3.65. The first kappa shape index (κ1) is 19.0. The van der Waals surface area contributed by atoms with Crippen LogP contribution in [-0.4, -0.2) is 34.0 Å². The van der Waals surface area contributed by atoms with Crippen molar-refractivity contribution in [3.8, 4) is 5.75 Å². The lowest BCUT2D eigenvalue weighted by molar-refractivity contribution is -0.274. The number of ether oxygens (including phenoxy) is 2. The van der Waals surface area contributed by atoms with Crippen molar-refractivity contribution in [1.29, 1.82) is 0 Å². The number of aromatic nitrogens is 3. The second-order valence-corrected chi connectivity index (χ2v) is 7.04. The fourth-order valence-electron chi connectivity index (χ4n) is 2.81. The number of benzene rings is 2. The maximum Gasteiger partial charge on any atom is 0.573 e. The molecule has 29 heavy (non-hydrogen) atoms. The average Bonchev–Trinajstić information content (AvgIpc) is 3.19. The van der Waals surface area contributed by atoms with Crippen molar-refractivity contribution >= 4 is 49.6 Å². The van der Waals surface area contributed by atoms with Gasteiger partial charge in [0.2, 0.25) is 5.95 Å². The maximum atomic E-state index is 12.4. The van der Waals surface area contributed by atoms with Crippen LogP contribution < -0.4 is 10.1 Å². The van der Waals surface area contributed by atoms with Crippen LogP contribution >= 0.6 is 11.3 Å². The highest BCUT2D eigenvalue weighted by Crippen LogP contribution is 2.33. The Kier molecular flexibility index (Phi) is 4.53. The molecule has 0 saturated carbocycles. The van der Waals surface area contributed by atoms with Gasteiger partial charge in [-0.05, 0) is 30.3 Å². The number of hydrogen-bond donors (Lipinski definition) is 1. The Bertz CT molecular complexity index is 1230. The summed E-state index contributed by atoms with van der Waals surface area (Å²) in [6.07, 6.45) is -4.76. The molecule has 0 fully saturated rings. The molecule has 0 aliphatic heterocycles. The summed E-state index contributed by atoms with van der Waals surface area (Å²) in [5.41, 5.74) is 2.11. The first-order valence-electron chi connectivity index (χ1n) is 8.21. The summed E-state index contributed by atoms with van der Waals surface area (Å²) in [6, 6.07) is 8.98. The van der Waals surface area contributed by atoms with Gasteiger partial charge in [-0.15, -0.1) is 13.2 Å². The van der Waals surface area contributed by atoms with Crippen LogP contribution in [0.15, 0.2) is 36.4 Å². The van der Waals surface area contributed by atoms with E-state index < -0.39 is 12.3 Å². The van der Waals surface area contributed by atoms with Gasteiger partial charge in [0, 0.05) is 13.1 Å². The Balaban J connectivity index is 1.64. The van der Waals surface area contributed by atoms with Crippen LogP contribution in [0.3, 0.4) is 0 Å². The van der Waals surface area contributed by atoms with E-state index in [4.69, 9.17) is 4.74 Å². The van der Waals surface area contributed by atoms with E-state index in [0.717, 1.165) is 5.52 Å². The number of esters is 1. The van der Waals surface area contributed by atoms with Crippen LogP contribution in [0.4, 0.5) is 24.3 Å². The summed E-state index contributed by atoms with van der Waals surface area (Å²) >= 11 is 1.26. The number of carbonyl (C=O) groups is 1. The molecule has 2 aromatic carbocycles. The van der Waals surface area contributed by atoms with Crippen molar-refractivity contribution in [2.45, 2.75) is 6.36 Å². The molecule has 4 rings (SSSR count). The molecule has 0 unspecified atom stereocenters. The van der Waals surface area contributed by atoms with Crippen LogP contribution in [-0.2, 0) is 11.8 Å². The Labute approximate surface area is 165 Å². The Morgan fingerprint density at radius 3 is 2.66 bits per heavy atom. The van der Waals surface area contributed by atoms with Crippen LogP contribution in [0, 0.1) is 0 Å². The van der Waals surface area contributed by atoms with E-state index in [1.54, 1.807) is 29.8 Å². The van der Waals surface area contributed by atoms with E-state index in [1.807, 2.05) is 0 Å². The third-order valence-electron chi connectivity index (χ3n) is 4.11. The number of methoxy groups -OCH3 is 1. The second kappa shape index (κ2) is 6.92. The highest BCUT2D eigenvalue weighted by atomic mass is 32.1. The molecular weight excluding hydrogens is 409 g/mol. The van der Waals surface area contributed by atoms with Crippen LogP contribution in [0.5, 0.6) is 5.75 Å². The zero-order valence-electron chi connectivity index (χ0n) is 15.1. The molecule has 4 aromatic rings. The lowest BCUT2D eigenvalue weighted by Crippen LogP contribution is -2.16. The van der Waals surface area contributed by atoms with E-state index in [-0.39, 0.29) is 5.75 Å². The van der Waals surface area contributed by atoms with Gasteiger partial charge in [-0.3, -0.25) is 0 Å². The van der Waals surface area contributed by atoms with Gasteiger partial charge in [0.1, 0.15) is 5.75 Å². The topological polar surface area (TPSA) is 78.3 Å². The molecule has 11 heteroatoms. The van der Waals surface area contributed by atoms with Crippen LogP contribution in [0.25, 0.3) is 21.3 Å². The van der Waals surface area contributed by atoms with Crippen molar-refractivity contribution in [3.05, 3.63) is 42.0 Å². The van der Waals surface area contributed by atoms with E-state index in [2.05, 4.69) is 20.0 Å². The monoisotopic (exact) mass is 422 g/mol. The molecule has 150 valence electrons. The SMILES string of the molecule is COC(=O)c1ccc2c(c1)nc(Nc1nc3cc(OC(F)(F)F)ccc3s1)n2C. The molecule has 0 bridgehead atoms. The number of hydrogen-bond acceptors (Lipinski definition) is 7. The van der Waals surface area contributed by atoms with Crippen molar-refractivity contribution in [2.24, 2.45) is 7.05 Å². The Morgan fingerprint density at radius 1 is 1.14 bits per heavy atom. The number of alkyl halides is 3. The third-order valence-corrected chi connectivity index (χ3v) is 5.07. The molecule has 0 atom stereocenters. The minimum Gasteiger partial charge on any atom is -0.465 e. The highest BCUT2D eigenvalue weighted by Gasteiger charge is 2.31. The fraction of sp³-hybridized carbons (Fsp3) is 0.167. The standard InChI is InChI=1S/C18H13F3N4O3S/c1-25-13-5-3-9(15(26)27-2)7-11(13)22-16(25)24-17-23-12-8-10(28-18(19,20)21)4-6-14(12)29-17/h3-8H,1-2H3,(H,22,23,24). The van der Waals surface area contributed by atoms with Gasteiger partial charge < -0.3 is 19.4 Å². The molecular formula is C18H13F3N4O3S.